The van der Waals surface area contributed by atoms with E-state index in [1.165, 1.54) is 5.69 Å². The molecule has 1 fully saturated rings. The fraction of sp³-hybridized carbons (Fsp3) is 0.333. The highest BCUT2D eigenvalue weighted by Crippen LogP contribution is 2.39. The van der Waals surface area contributed by atoms with Crippen molar-refractivity contribution in [3.63, 3.8) is 0 Å². The number of rotatable bonds is 8. The van der Waals surface area contributed by atoms with Crippen LogP contribution in [0.2, 0.25) is 0 Å². The van der Waals surface area contributed by atoms with Crippen molar-refractivity contribution in [1.29, 1.82) is 0 Å². The van der Waals surface area contributed by atoms with Crippen molar-refractivity contribution in [2.75, 3.05) is 13.2 Å². The summed E-state index contributed by atoms with van der Waals surface area (Å²) >= 11 is 5.75. The molecular weight excluding hydrogens is 392 g/mol. The fourth-order valence-electron chi connectivity index (χ4n) is 4.04. The second-order valence-electron chi connectivity index (χ2n) is 7.40. The highest BCUT2D eigenvalue weighted by molar-refractivity contribution is 7.80. The second kappa shape index (κ2) is 9.30. The minimum absolute atomic E-state index is 0.00639. The van der Waals surface area contributed by atoms with Gasteiger partial charge in [-0.25, -0.2) is 0 Å². The molecule has 156 valence electrons. The SMILES string of the molecule is CCCCN1C(=S)N[C@H](c2ccccn2)[C@@H]1c1cccn1-c1ccc(OCC)cc1. The van der Waals surface area contributed by atoms with E-state index in [1.807, 2.05) is 37.4 Å². The van der Waals surface area contributed by atoms with E-state index in [0.29, 0.717) is 6.61 Å². The van der Waals surface area contributed by atoms with Gasteiger partial charge in [-0.2, -0.15) is 0 Å². The number of pyridine rings is 1. The third-order valence-corrected chi connectivity index (χ3v) is 5.81. The molecule has 1 aliphatic heterocycles. The molecule has 0 bridgehead atoms. The summed E-state index contributed by atoms with van der Waals surface area (Å²) in [4.78, 5) is 6.95. The zero-order valence-electron chi connectivity index (χ0n) is 17.5. The molecule has 5 nitrogen and oxygen atoms in total. The summed E-state index contributed by atoms with van der Waals surface area (Å²) < 4.78 is 7.85. The molecule has 0 radical (unpaired) electrons. The average Bonchev–Trinajstić information content (AvgIpc) is 3.38. The maximum Gasteiger partial charge on any atom is 0.170 e. The van der Waals surface area contributed by atoms with Gasteiger partial charge in [0.15, 0.2) is 5.11 Å². The van der Waals surface area contributed by atoms with Crippen LogP contribution in [-0.2, 0) is 0 Å². The Morgan fingerprint density at radius 1 is 1.07 bits per heavy atom. The zero-order chi connectivity index (χ0) is 20.9. The smallest absolute Gasteiger partial charge is 0.170 e. The summed E-state index contributed by atoms with van der Waals surface area (Å²) in [6, 6.07) is 18.6. The third kappa shape index (κ3) is 4.05. The molecule has 2 atom stereocenters. The Morgan fingerprint density at radius 2 is 1.90 bits per heavy atom. The molecule has 1 saturated heterocycles. The molecule has 1 N–H and O–H groups in total. The minimum atomic E-state index is 0.00639. The van der Waals surface area contributed by atoms with Crippen molar-refractivity contribution in [2.24, 2.45) is 0 Å². The van der Waals surface area contributed by atoms with E-state index in [4.69, 9.17) is 17.0 Å². The summed E-state index contributed by atoms with van der Waals surface area (Å²) in [6.45, 7) is 5.79. The van der Waals surface area contributed by atoms with Crippen LogP contribution in [-0.4, -0.2) is 32.7 Å². The third-order valence-electron chi connectivity index (χ3n) is 5.46. The van der Waals surface area contributed by atoms with Crippen LogP contribution in [0.3, 0.4) is 0 Å². The fourth-order valence-corrected chi connectivity index (χ4v) is 4.37. The molecule has 0 amide bonds. The summed E-state index contributed by atoms with van der Waals surface area (Å²) in [5.74, 6) is 0.884. The molecule has 3 heterocycles. The Balaban J connectivity index is 1.73. The van der Waals surface area contributed by atoms with Gasteiger partial charge in [-0.1, -0.05) is 19.4 Å². The van der Waals surface area contributed by atoms with Crippen LogP contribution in [0.15, 0.2) is 67.0 Å². The number of hydrogen-bond donors (Lipinski definition) is 1. The summed E-state index contributed by atoms with van der Waals surface area (Å²) in [7, 11) is 0. The first-order valence-corrected chi connectivity index (χ1v) is 11.0. The molecule has 1 aromatic carbocycles. The molecule has 30 heavy (non-hydrogen) atoms. The van der Waals surface area contributed by atoms with Gasteiger partial charge in [0.1, 0.15) is 5.75 Å². The first-order chi connectivity index (χ1) is 14.7. The lowest BCUT2D eigenvalue weighted by atomic mass is 10.0. The molecule has 3 aromatic rings. The van der Waals surface area contributed by atoms with Gasteiger partial charge in [-0.15, -0.1) is 0 Å². The largest absolute Gasteiger partial charge is 0.494 e. The van der Waals surface area contributed by atoms with Crippen molar-refractivity contribution >= 4 is 17.3 Å². The van der Waals surface area contributed by atoms with Crippen LogP contribution in [0, 0.1) is 0 Å². The van der Waals surface area contributed by atoms with Crippen molar-refractivity contribution in [1.82, 2.24) is 19.8 Å². The Morgan fingerprint density at radius 3 is 2.60 bits per heavy atom. The summed E-state index contributed by atoms with van der Waals surface area (Å²) in [5, 5.41) is 4.33. The lowest BCUT2D eigenvalue weighted by molar-refractivity contribution is 0.304. The molecule has 0 aliphatic carbocycles. The maximum atomic E-state index is 5.75. The van der Waals surface area contributed by atoms with Crippen LogP contribution in [0.25, 0.3) is 5.69 Å². The first-order valence-electron chi connectivity index (χ1n) is 10.6. The van der Waals surface area contributed by atoms with Gasteiger partial charge in [0.25, 0.3) is 0 Å². The normalized spacial score (nSPS) is 18.5. The van der Waals surface area contributed by atoms with Crippen LogP contribution < -0.4 is 10.1 Å². The zero-order valence-corrected chi connectivity index (χ0v) is 18.3. The first kappa shape index (κ1) is 20.4. The predicted molar refractivity (Wildman–Crippen MR) is 124 cm³/mol. The number of hydrogen-bond acceptors (Lipinski definition) is 3. The van der Waals surface area contributed by atoms with Gasteiger partial charge in [0.05, 0.1) is 24.4 Å². The highest BCUT2D eigenvalue weighted by Gasteiger charge is 2.40. The van der Waals surface area contributed by atoms with Gasteiger partial charge in [0, 0.05) is 30.3 Å². The number of ether oxygens (including phenoxy) is 1. The van der Waals surface area contributed by atoms with Crippen LogP contribution in [0.5, 0.6) is 5.75 Å². The van der Waals surface area contributed by atoms with Crippen LogP contribution in [0.4, 0.5) is 0 Å². The second-order valence-corrected chi connectivity index (χ2v) is 7.79. The van der Waals surface area contributed by atoms with E-state index in [-0.39, 0.29) is 12.1 Å². The maximum absolute atomic E-state index is 5.75. The monoisotopic (exact) mass is 420 g/mol. The number of unbranched alkanes of at least 4 members (excludes halogenated alkanes) is 1. The van der Waals surface area contributed by atoms with E-state index < -0.39 is 0 Å². The van der Waals surface area contributed by atoms with E-state index in [0.717, 1.165) is 41.6 Å². The predicted octanol–water partition coefficient (Wildman–Crippen LogP) is 5.04. The molecule has 0 unspecified atom stereocenters. The Bertz CT molecular complexity index is 970. The average molecular weight is 421 g/mol. The molecule has 4 rings (SSSR count). The Labute approximate surface area is 183 Å². The number of nitrogens with one attached hydrogen (secondary N) is 1. The molecular formula is C24H28N4OS. The van der Waals surface area contributed by atoms with Gasteiger partial charge in [0.2, 0.25) is 0 Å². The van der Waals surface area contributed by atoms with Gasteiger partial charge >= 0.3 is 0 Å². The van der Waals surface area contributed by atoms with Gasteiger partial charge < -0.3 is 19.5 Å². The van der Waals surface area contributed by atoms with Gasteiger partial charge in [-0.05, 0) is 74.1 Å². The molecule has 2 aromatic heterocycles. The highest BCUT2D eigenvalue weighted by atomic mass is 32.1. The van der Waals surface area contributed by atoms with Crippen molar-refractivity contribution in [3.8, 4) is 11.4 Å². The number of nitrogens with zero attached hydrogens (tertiary/aromatic N) is 3. The minimum Gasteiger partial charge on any atom is -0.494 e. The van der Waals surface area contributed by atoms with E-state index in [9.17, 15) is 0 Å². The molecule has 1 aliphatic rings. The molecule has 0 saturated carbocycles. The molecule has 6 heteroatoms. The number of aromatic nitrogens is 2. The standard InChI is InChI=1S/C24H28N4OS/c1-3-5-16-28-23(22(26-24(28)30)20-9-6-7-15-25-20)21-10-8-17-27(21)18-11-13-19(14-12-18)29-4-2/h6-15,17,22-23H,3-5,16H2,1-2H3,(H,26,30)/t22-,23+/m1/s1. The van der Waals surface area contributed by atoms with Crippen molar-refractivity contribution < 1.29 is 4.74 Å². The lowest BCUT2D eigenvalue weighted by Gasteiger charge is -2.29. The van der Waals surface area contributed by atoms with Crippen LogP contribution in [0.1, 0.15) is 50.2 Å². The molecule has 0 spiro atoms. The van der Waals surface area contributed by atoms with E-state index in [2.05, 4.69) is 63.2 Å². The number of benzene rings is 1. The van der Waals surface area contributed by atoms with Gasteiger partial charge in [-0.3, -0.25) is 4.98 Å². The summed E-state index contributed by atoms with van der Waals surface area (Å²) in [6.07, 6.45) is 6.17. The van der Waals surface area contributed by atoms with Crippen molar-refractivity contribution in [3.05, 3.63) is 78.4 Å². The Kier molecular flexibility index (Phi) is 6.33. The lowest BCUT2D eigenvalue weighted by Crippen LogP contribution is -2.31. The van der Waals surface area contributed by atoms with E-state index >= 15 is 0 Å². The quantitative estimate of drug-likeness (QED) is 0.517. The van der Waals surface area contributed by atoms with E-state index in [1.54, 1.807) is 0 Å². The summed E-state index contributed by atoms with van der Waals surface area (Å²) in [5.41, 5.74) is 3.30. The van der Waals surface area contributed by atoms with Crippen molar-refractivity contribution in [2.45, 2.75) is 38.8 Å². The Hall–Kier alpha value is -2.86. The van der Waals surface area contributed by atoms with Crippen LogP contribution >= 0.6 is 12.2 Å². The number of thiocarbonyl (C=S) groups is 1. The topological polar surface area (TPSA) is 42.3 Å².